The standard InChI is InChI=1S/C20H16BrN3O3/c21-16-8-6-15(7-9-16)19(26)18(24-11-2-1-5-17(24)25)20(27)23-13-14-4-3-10-22-12-14/h1-12,18H,13H2,(H,23,27)/t18-/m1/s1. The summed E-state index contributed by atoms with van der Waals surface area (Å²) in [7, 11) is 0. The molecule has 6 nitrogen and oxygen atoms in total. The first-order valence-corrected chi connectivity index (χ1v) is 8.99. The lowest BCUT2D eigenvalue weighted by molar-refractivity contribution is -0.123. The number of carbonyl (C=O) groups is 2. The van der Waals surface area contributed by atoms with E-state index in [1.807, 2.05) is 6.07 Å². The lowest BCUT2D eigenvalue weighted by Gasteiger charge is -2.18. The summed E-state index contributed by atoms with van der Waals surface area (Å²) in [6.45, 7) is 0.207. The Balaban J connectivity index is 1.91. The Morgan fingerprint density at radius 3 is 2.52 bits per heavy atom. The summed E-state index contributed by atoms with van der Waals surface area (Å²) in [5.74, 6) is -1.01. The molecule has 2 aromatic heterocycles. The van der Waals surface area contributed by atoms with Crippen molar-refractivity contribution < 1.29 is 9.59 Å². The minimum Gasteiger partial charge on any atom is -0.350 e. The Hall–Kier alpha value is -3.06. The van der Waals surface area contributed by atoms with E-state index in [1.165, 1.54) is 12.3 Å². The van der Waals surface area contributed by atoms with Crippen LogP contribution in [0.3, 0.4) is 0 Å². The first-order valence-electron chi connectivity index (χ1n) is 8.20. The van der Waals surface area contributed by atoms with Crippen LogP contribution in [-0.4, -0.2) is 21.2 Å². The van der Waals surface area contributed by atoms with Crippen molar-refractivity contribution in [2.24, 2.45) is 0 Å². The second-order valence-corrected chi connectivity index (χ2v) is 6.71. The van der Waals surface area contributed by atoms with Crippen LogP contribution in [0.4, 0.5) is 0 Å². The maximum atomic E-state index is 13.0. The van der Waals surface area contributed by atoms with Gasteiger partial charge in [-0.3, -0.25) is 23.9 Å². The molecule has 0 aliphatic heterocycles. The van der Waals surface area contributed by atoms with E-state index in [-0.39, 0.29) is 6.54 Å². The summed E-state index contributed by atoms with van der Waals surface area (Å²) in [5.41, 5.74) is 0.709. The second kappa shape index (κ2) is 8.55. The van der Waals surface area contributed by atoms with Crippen LogP contribution in [0.5, 0.6) is 0 Å². The number of Topliss-reactive ketones (excluding diaryl/α,β-unsaturated/α-hetero) is 1. The number of rotatable bonds is 6. The van der Waals surface area contributed by atoms with Crippen molar-refractivity contribution in [2.75, 3.05) is 0 Å². The molecule has 1 amide bonds. The second-order valence-electron chi connectivity index (χ2n) is 5.80. The summed E-state index contributed by atoms with van der Waals surface area (Å²) in [6.07, 6.45) is 4.70. The molecule has 136 valence electrons. The van der Waals surface area contributed by atoms with Crippen molar-refractivity contribution in [3.8, 4) is 0 Å². The highest BCUT2D eigenvalue weighted by Gasteiger charge is 2.29. The maximum absolute atomic E-state index is 13.0. The number of aromatic nitrogens is 2. The van der Waals surface area contributed by atoms with Crippen LogP contribution in [-0.2, 0) is 11.3 Å². The number of hydrogen-bond acceptors (Lipinski definition) is 4. The van der Waals surface area contributed by atoms with Gasteiger partial charge < -0.3 is 5.32 Å². The van der Waals surface area contributed by atoms with Gasteiger partial charge in [-0.2, -0.15) is 0 Å². The van der Waals surface area contributed by atoms with Crippen LogP contribution in [0.25, 0.3) is 0 Å². The predicted octanol–water partition coefficient (Wildman–Crippen LogP) is 2.75. The quantitative estimate of drug-likeness (QED) is 0.486. The molecule has 1 N–H and O–H groups in total. The number of ketones is 1. The Labute approximate surface area is 164 Å². The third-order valence-corrected chi connectivity index (χ3v) is 4.47. The molecule has 0 radical (unpaired) electrons. The number of carbonyl (C=O) groups excluding carboxylic acids is 2. The highest BCUT2D eigenvalue weighted by molar-refractivity contribution is 9.10. The van der Waals surface area contributed by atoms with E-state index in [4.69, 9.17) is 0 Å². The van der Waals surface area contributed by atoms with Gasteiger partial charge in [0.2, 0.25) is 0 Å². The van der Waals surface area contributed by atoms with Gasteiger partial charge in [0.05, 0.1) is 0 Å². The van der Waals surface area contributed by atoms with Gasteiger partial charge in [-0.05, 0) is 29.8 Å². The van der Waals surface area contributed by atoms with Gasteiger partial charge in [-0.25, -0.2) is 0 Å². The molecule has 0 saturated carbocycles. The monoisotopic (exact) mass is 425 g/mol. The smallest absolute Gasteiger partial charge is 0.251 e. The number of halogens is 1. The van der Waals surface area contributed by atoms with Crippen LogP contribution in [0.1, 0.15) is 22.0 Å². The first kappa shape index (κ1) is 18.7. The van der Waals surface area contributed by atoms with Crippen molar-refractivity contribution in [3.05, 3.63) is 99.1 Å². The first-order chi connectivity index (χ1) is 13.1. The zero-order valence-electron chi connectivity index (χ0n) is 14.2. The molecular weight excluding hydrogens is 410 g/mol. The number of benzene rings is 1. The number of nitrogens with zero attached hydrogens (tertiary/aromatic N) is 2. The summed E-state index contributed by atoms with van der Waals surface area (Å²) in [5, 5.41) is 2.72. The molecule has 2 heterocycles. The fraction of sp³-hybridized carbons (Fsp3) is 0.100. The Bertz CT molecular complexity index is 1000. The number of nitrogens with one attached hydrogen (secondary N) is 1. The lowest BCUT2D eigenvalue weighted by Crippen LogP contribution is -2.41. The molecule has 0 unspecified atom stereocenters. The van der Waals surface area contributed by atoms with E-state index in [1.54, 1.807) is 54.9 Å². The highest BCUT2D eigenvalue weighted by Crippen LogP contribution is 2.17. The maximum Gasteiger partial charge on any atom is 0.251 e. The third-order valence-electron chi connectivity index (χ3n) is 3.94. The normalized spacial score (nSPS) is 11.6. The van der Waals surface area contributed by atoms with E-state index in [0.717, 1.165) is 14.6 Å². The van der Waals surface area contributed by atoms with Crippen molar-refractivity contribution in [1.82, 2.24) is 14.9 Å². The van der Waals surface area contributed by atoms with E-state index in [0.29, 0.717) is 5.56 Å². The van der Waals surface area contributed by atoms with Gasteiger partial charge in [0.15, 0.2) is 11.8 Å². The predicted molar refractivity (Wildman–Crippen MR) is 104 cm³/mol. The van der Waals surface area contributed by atoms with E-state index in [9.17, 15) is 14.4 Å². The highest BCUT2D eigenvalue weighted by atomic mass is 79.9. The molecule has 0 spiro atoms. The van der Waals surface area contributed by atoms with Crippen molar-refractivity contribution in [1.29, 1.82) is 0 Å². The third kappa shape index (κ3) is 4.57. The zero-order chi connectivity index (χ0) is 19.2. The van der Waals surface area contributed by atoms with Crippen molar-refractivity contribution >= 4 is 27.6 Å². The number of pyridine rings is 2. The Kier molecular flexibility index (Phi) is 5.93. The molecule has 7 heteroatoms. The summed E-state index contributed by atoms with van der Waals surface area (Å²) in [4.78, 5) is 42.1. The van der Waals surface area contributed by atoms with E-state index < -0.39 is 23.3 Å². The molecule has 3 aromatic rings. The SMILES string of the molecule is O=C(NCc1cccnc1)[C@@H](C(=O)c1ccc(Br)cc1)n1ccccc1=O. The molecule has 0 bridgehead atoms. The molecule has 1 aromatic carbocycles. The van der Waals surface area contributed by atoms with Gasteiger partial charge in [-0.15, -0.1) is 0 Å². The number of amides is 1. The molecule has 3 rings (SSSR count). The topological polar surface area (TPSA) is 81.1 Å². The molecule has 0 aliphatic rings. The van der Waals surface area contributed by atoms with Gasteiger partial charge in [-0.1, -0.05) is 40.2 Å². The van der Waals surface area contributed by atoms with E-state index >= 15 is 0 Å². The lowest BCUT2D eigenvalue weighted by atomic mass is 10.0. The average molecular weight is 426 g/mol. The van der Waals surface area contributed by atoms with Crippen molar-refractivity contribution in [3.63, 3.8) is 0 Å². The molecule has 1 atom stereocenters. The molecule has 0 saturated heterocycles. The summed E-state index contributed by atoms with van der Waals surface area (Å²) < 4.78 is 1.96. The fourth-order valence-electron chi connectivity index (χ4n) is 2.59. The van der Waals surface area contributed by atoms with E-state index in [2.05, 4.69) is 26.2 Å². The number of hydrogen-bond donors (Lipinski definition) is 1. The van der Waals surface area contributed by atoms with Gasteiger partial charge >= 0.3 is 0 Å². The van der Waals surface area contributed by atoms with Crippen LogP contribution in [0, 0.1) is 0 Å². The molecular formula is C20H16BrN3O3. The molecule has 0 aliphatic carbocycles. The largest absolute Gasteiger partial charge is 0.350 e. The Morgan fingerprint density at radius 1 is 1.07 bits per heavy atom. The van der Waals surface area contributed by atoms with Crippen LogP contribution in [0.2, 0.25) is 0 Å². The zero-order valence-corrected chi connectivity index (χ0v) is 15.8. The summed E-state index contributed by atoms with van der Waals surface area (Å²) >= 11 is 3.32. The van der Waals surface area contributed by atoms with Gasteiger partial charge in [0.1, 0.15) is 0 Å². The van der Waals surface area contributed by atoms with Gasteiger partial charge in [0.25, 0.3) is 11.5 Å². The fourth-order valence-corrected chi connectivity index (χ4v) is 2.85. The molecule has 27 heavy (non-hydrogen) atoms. The van der Waals surface area contributed by atoms with Crippen LogP contribution >= 0.6 is 15.9 Å². The van der Waals surface area contributed by atoms with Crippen LogP contribution < -0.4 is 10.9 Å². The average Bonchev–Trinajstić information content (AvgIpc) is 2.69. The summed E-state index contributed by atoms with van der Waals surface area (Å²) in [6, 6.07) is 13.4. The Morgan fingerprint density at radius 2 is 1.85 bits per heavy atom. The minimum atomic E-state index is -1.29. The molecule has 0 fully saturated rings. The van der Waals surface area contributed by atoms with Crippen LogP contribution in [0.15, 0.2) is 82.5 Å². The van der Waals surface area contributed by atoms with Gasteiger partial charge in [0, 0.05) is 41.2 Å². The van der Waals surface area contributed by atoms with Crippen molar-refractivity contribution in [2.45, 2.75) is 12.6 Å². The minimum absolute atomic E-state index is 0.207.